The zero-order valence-electron chi connectivity index (χ0n) is 13.8. The number of likely N-dealkylation sites (tertiary alicyclic amines) is 1. The minimum absolute atomic E-state index is 0.0392. The molecular formula is C17H12N6O3S. The molecule has 4 aromatic rings. The normalized spacial score (nSPS) is 14.4. The molecule has 5 rings (SSSR count). The molecule has 0 spiro atoms. The molecule has 3 aromatic heterocycles. The van der Waals surface area contributed by atoms with Crippen LogP contribution in [0.25, 0.3) is 22.4 Å². The van der Waals surface area contributed by atoms with Crippen molar-refractivity contribution < 1.29 is 9.32 Å². The quantitative estimate of drug-likeness (QED) is 0.574. The van der Waals surface area contributed by atoms with Crippen molar-refractivity contribution >= 4 is 28.7 Å². The fourth-order valence-corrected chi connectivity index (χ4v) is 3.52. The highest BCUT2D eigenvalue weighted by atomic mass is 32.1. The average molecular weight is 380 g/mol. The van der Waals surface area contributed by atoms with Gasteiger partial charge in [-0.15, -0.1) is 0 Å². The summed E-state index contributed by atoms with van der Waals surface area (Å²) in [5.41, 5.74) is 2.16. The summed E-state index contributed by atoms with van der Waals surface area (Å²) in [7, 11) is 0. The molecule has 1 aliphatic rings. The van der Waals surface area contributed by atoms with E-state index in [1.165, 1.54) is 0 Å². The molecule has 1 saturated heterocycles. The summed E-state index contributed by atoms with van der Waals surface area (Å²) in [5, 5.41) is 3.88. The number of pyridine rings is 1. The molecule has 1 amide bonds. The van der Waals surface area contributed by atoms with E-state index in [9.17, 15) is 9.59 Å². The lowest BCUT2D eigenvalue weighted by Crippen LogP contribution is -2.48. The number of nitrogens with one attached hydrogen (secondary N) is 1. The van der Waals surface area contributed by atoms with E-state index in [4.69, 9.17) is 4.52 Å². The number of amides is 1. The second kappa shape index (κ2) is 6.09. The smallest absolute Gasteiger partial charge is 0.259 e. The van der Waals surface area contributed by atoms with Gasteiger partial charge in [-0.1, -0.05) is 5.16 Å². The molecule has 0 radical (unpaired) electrons. The standard InChI is InChI=1S/C17H12N6O3S/c24-15-11(2-1-5-18-15)14-19-16(26-20-14)10-7-23(8-10)17(25)9-3-4-12-13(6-9)22-27-21-12/h1-6,10H,7-8H2,(H,18,24). The van der Waals surface area contributed by atoms with Crippen molar-refractivity contribution in [2.24, 2.45) is 0 Å². The van der Waals surface area contributed by atoms with Gasteiger partial charge in [-0.2, -0.15) is 13.7 Å². The Kier molecular flexibility index (Phi) is 3.57. The number of nitrogens with zero attached hydrogens (tertiary/aromatic N) is 5. The van der Waals surface area contributed by atoms with Crippen LogP contribution in [-0.4, -0.2) is 47.8 Å². The molecule has 1 aliphatic heterocycles. The molecule has 9 nitrogen and oxygen atoms in total. The van der Waals surface area contributed by atoms with Crippen LogP contribution in [0.1, 0.15) is 22.2 Å². The Hall–Kier alpha value is -3.40. The fraction of sp³-hybridized carbons (Fsp3) is 0.176. The van der Waals surface area contributed by atoms with Crippen LogP contribution in [0.15, 0.2) is 45.8 Å². The Morgan fingerprint density at radius 3 is 2.93 bits per heavy atom. The van der Waals surface area contributed by atoms with Gasteiger partial charge in [0.05, 0.1) is 23.2 Å². The van der Waals surface area contributed by atoms with E-state index in [0.717, 1.165) is 22.8 Å². The first-order chi connectivity index (χ1) is 13.2. The van der Waals surface area contributed by atoms with Crippen molar-refractivity contribution in [2.45, 2.75) is 5.92 Å². The largest absolute Gasteiger partial charge is 0.339 e. The third-order valence-corrected chi connectivity index (χ3v) is 5.08. The van der Waals surface area contributed by atoms with Gasteiger partial charge in [0.1, 0.15) is 11.0 Å². The van der Waals surface area contributed by atoms with E-state index in [1.54, 1.807) is 41.4 Å². The Balaban J connectivity index is 1.30. The van der Waals surface area contributed by atoms with Gasteiger partial charge < -0.3 is 14.4 Å². The van der Waals surface area contributed by atoms with Gasteiger partial charge in [0.2, 0.25) is 11.7 Å². The fourth-order valence-electron chi connectivity index (χ4n) is 3.01. The van der Waals surface area contributed by atoms with Crippen LogP contribution >= 0.6 is 11.7 Å². The van der Waals surface area contributed by atoms with Crippen LogP contribution < -0.4 is 5.56 Å². The van der Waals surface area contributed by atoms with Crippen molar-refractivity contribution in [1.82, 2.24) is 28.8 Å². The van der Waals surface area contributed by atoms with E-state index in [-0.39, 0.29) is 23.2 Å². The number of aromatic nitrogens is 5. The summed E-state index contributed by atoms with van der Waals surface area (Å²) in [6, 6.07) is 8.64. The van der Waals surface area contributed by atoms with Gasteiger partial charge in [0.25, 0.3) is 11.5 Å². The minimum Gasteiger partial charge on any atom is -0.339 e. The van der Waals surface area contributed by atoms with Crippen molar-refractivity contribution in [3.8, 4) is 11.4 Å². The number of fused-ring (bicyclic) bond motifs is 1. The van der Waals surface area contributed by atoms with Crippen LogP contribution in [0.4, 0.5) is 0 Å². The minimum atomic E-state index is -0.276. The van der Waals surface area contributed by atoms with Gasteiger partial charge in [0.15, 0.2) is 0 Å². The molecule has 0 bridgehead atoms. The van der Waals surface area contributed by atoms with Gasteiger partial charge in [-0.05, 0) is 30.3 Å². The first-order valence-electron chi connectivity index (χ1n) is 8.22. The number of hydrogen-bond donors (Lipinski definition) is 1. The average Bonchev–Trinajstić information content (AvgIpc) is 3.29. The van der Waals surface area contributed by atoms with Crippen LogP contribution in [0.3, 0.4) is 0 Å². The summed E-state index contributed by atoms with van der Waals surface area (Å²) >= 11 is 1.12. The van der Waals surface area contributed by atoms with Crippen molar-refractivity contribution in [3.05, 3.63) is 58.3 Å². The molecule has 1 aromatic carbocycles. The van der Waals surface area contributed by atoms with Crippen molar-refractivity contribution in [1.29, 1.82) is 0 Å². The number of carbonyl (C=O) groups excluding carboxylic acids is 1. The lowest BCUT2D eigenvalue weighted by Gasteiger charge is -2.37. The van der Waals surface area contributed by atoms with E-state index >= 15 is 0 Å². The zero-order chi connectivity index (χ0) is 18.4. The van der Waals surface area contributed by atoms with Crippen molar-refractivity contribution in [3.63, 3.8) is 0 Å². The molecule has 0 unspecified atom stereocenters. The predicted molar refractivity (Wildman–Crippen MR) is 96.4 cm³/mol. The number of hydrogen-bond acceptors (Lipinski definition) is 8. The van der Waals surface area contributed by atoms with Crippen LogP contribution in [0.2, 0.25) is 0 Å². The van der Waals surface area contributed by atoms with E-state index in [1.807, 2.05) is 0 Å². The molecule has 1 fully saturated rings. The first-order valence-corrected chi connectivity index (χ1v) is 8.95. The van der Waals surface area contributed by atoms with E-state index < -0.39 is 0 Å². The number of benzene rings is 1. The summed E-state index contributed by atoms with van der Waals surface area (Å²) in [6.07, 6.45) is 1.54. The lowest BCUT2D eigenvalue weighted by molar-refractivity contribution is 0.0569. The molecule has 27 heavy (non-hydrogen) atoms. The molecule has 0 atom stereocenters. The molecular weight excluding hydrogens is 368 g/mol. The van der Waals surface area contributed by atoms with Gasteiger partial charge >= 0.3 is 0 Å². The molecule has 10 heteroatoms. The summed E-state index contributed by atoms with van der Waals surface area (Å²) in [6.45, 7) is 0.970. The van der Waals surface area contributed by atoms with Crippen LogP contribution in [0.5, 0.6) is 0 Å². The van der Waals surface area contributed by atoms with Crippen LogP contribution in [-0.2, 0) is 0 Å². The molecule has 134 valence electrons. The second-order valence-corrected chi connectivity index (χ2v) is 6.77. The molecule has 4 heterocycles. The Bertz CT molecular complexity index is 1210. The number of carbonyl (C=O) groups is 1. The summed E-state index contributed by atoms with van der Waals surface area (Å²) < 4.78 is 13.6. The molecule has 0 saturated carbocycles. The SMILES string of the molecule is O=C(c1ccc2nsnc2c1)N1CC(c2nc(-c3ccc[nH]c3=O)no2)C1. The third kappa shape index (κ3) is 2.70. The number of H-pyrrole nitrogens is 1. The Morgan fingerprint density at radius 1 is 1.22 bits per heavy atom. The second-order valence-electron chi connectivity index (χ2n) is 6.24. The first kappa shape index (κ1) is 15.8. The maximum absolute atomic E-state index is 12.6. The highest BCUT2D eigenvalue weighted by Gasteiger charge is 2.36. The Morgan fingerprint density at radius 2 is 2.07 bits per heavy atom. The Labute approximate surface area is 156 Å². The zero-order valence-corrected chi connectivity index (χ0v) is 14.6. The predicted octanol–water partition coefficient (Wildman–Crippen LogP) is 1.67. The summed E-state index contributed by atoms with van der Waals surface area (Å²) in [4.78, 5) is 33.0. The molecule has 1 N–H and O–H groups in total. The van der Waals surface area contributed by atoms with Gasteiger partial charge in [-0.25, -0.2) is 0 Å². The molecule has 0 aliphatic carbocycles. The van der Waals surface area contributed by atoms with Crippen LogP contribution in [0, 0.1) is 0 Å². The van der Waals surface area contributed by atoms with E-state index in [2.05, 4.69) is 23.9 Å². The summed E-state index contributed by atoms with van der Waals surface area (Å²) in [5.74, 6) is 0.567. The number of aromatic amines is 1. The monoisotopic (exact) mass is 380 g/mol. The highest BCUT2D eigenvalue weighted by molar-refractivity contribution is 7.00. The van der Waals surface area contributed by atoms with Crippen molar-refractivity contribution in [2.75, 3.05) is 13.1 Å². The number of rotatable bonds is 3. The third-order valence-electron chi connectivity index (χ3n) is 4.52. The van der Waals surface area contributed by atoms with Gasteiger partial charge in [-0.3, -0.25) is 9.59 Å². The maximum atomic E-state index is 12.6. The maximum Gasteiger partial charge on any atom is 0.259 e. The lowest BCUT2D eigenvalue weighted by atomic mass is 9.98. The van der Waals surface area contributed by atoms with Gasteiger partial charge in [0, 0.05) is 24.8 Å². The van der Waals surface area contributed by atoms with E-state index in [0.29, 0.717) is 30.1 Å². The highest BCUT2D eigenvalue weighted by Crippen LogP contribution is 2.28. The topological polar surface area (TPSA) is 118 Å².